The van der Waals surface area contributed by atoms with Crippen LogP contribution >= 0.6 is 0 Å². The van der Waals surface area contributed by atoms with E-state index in [-0.39, 0.29) is 0 Å². The normalized spacial score (nSPS) is 41.5. The van der Waals surface area contributed by atoms with E-state index in [0.717, 1.165) is 35.5 Å². The molecule has 0 amide bonds. The third kappa shape index (κ3) is 5.74. The Kier molecular flexibility index (Phi) is 8.19. The molecule has 0 heteroatoms. The fourth-order valence-electron chi connectivity index (χ4n) is 6.93. The fourth-order valence-corrected chi connectivity index (χ4v) is 6.93. The molecule has 0 aromatic carbocycles. The van der Waals surface area contributed by atoms with Gasteiger partial charge in [0.15, 0.2) is 0 Å². The molecule has 0 aromatic heterocycles. The average Bonchev–Trinajstić information content (AvgIpc) is 2.70. The first-order valence-electron chi connectivity index (χ1n) is 12.3. The van der Waals surface area contributed by atoms with E-state index in [9.17, 15) is 0 Å². The highest BCUT2D eigenvalue weighted by Crippen LogP contribution is 2.45. The zero-order valence-electron chi connectivity index (χ0n) is 17.5. The van der Waals surface area contributed by atoms with Gasteiger partial charge in [-0.1, -0.05) is 110 Å². The van der Waals surface area contributed by atoms with Crippen LogP contribution in [0.3, 0.4) is 0 Å². The molecule has 3 rings (SSSR count). The lowest BCUT2D eigenvalue weighted by molar-refractivity contribution is 0.119. The van der Waals surface area contributed by atoms with Crippen molar-refractivity contribution in [2.75, 3.05) is 0 Å². The van der Waals surface area contributed by atoms with E-state index >= 15 is 0 Å². The van der Waals surface area contributed by atoms with Gasteiger partial charge in [0.05, 0.1) is 0 Å². The summed E-state index contributed by atoms with van der Waals surface area (Å²) < 4.78 is 0. The highest BCUT2D eigenvalue weighted by Gasteiger charge is 2.33. The predicted molar refractivity (Wildman–Crippen MR) is 111 cm³/mol. The van der Waals surface area contributed by atoms with Crippen LogP contribution in [0.2, 0.25) is 0 Å². The SMILES string of the molecule is CCC1CCCC2CCCCC2CC(C2CCCC(CC)C2)CCC1. The Morgan fingerprint density at radius 1 is 0.440 bits per heavy atom. The molecule has 3 fully saturated rings. The summed E-state index contributed by atoms with van der Waals surface area (Å²) in [5.74, 6) is 6.45. The first-order chi connectivity index (χ1) is 12.3. The van der Waals surface area contributed by atoms with Gasteiger partial charge in [0, 0.05) is 0 Å². The van der Waals surface area contributed by atoms with Gasteiger partial charge in [-0.2, -0.15) is 0 Å². The summed E-state index contributed by atoms with van der Waals surface area (Å²) in [6.45, 7) is 4.88. The third-order valence-corrected chi connectivity index (χ3v) is 8.69. The minimum Gasteiger partial charge on any atom is -0.0651 e. The number of rotatable bonds is 3. The molecule has 146 valence electrons. The van der Waals surface area contributed by atoms with Gasteiger partial charge in [-0.05, 0) is 48.3 Å². The molecule has 25 heavy (non-hydrogen) atoms. The van der Waals surface area contributed by atoms with Crippen molar-refractivity contribution < 1.29 is 0 Å². The second-order valence-electron chi connectivity index (χ2n) is 10.1. The Balaban J connectivity index is 1.67. The lowest BCUT2D eigenvalue weighted by atomic mass is 9.66. The van der Waals surface area contributed by atoms with Gasteiger partial charge in [0.25, 0.3) is 0 Å². The molecule has 0 N–H and O–H groups in total. The Morgan fingerprint density at radius 3 is 1.52 bits per heavy atom. The van der Waals surface area contributed by atoms with Crippen LogP contribution in [0.4, 0.5) is 0 Å². The summed E-state index contributed by atoms with van der Waals surface area (Å²) in [5.41, 5.74) is 0. The van der Waals surface area contributed by atoms with Crippen LogP contribution in [0.1, 0.15) is 123 Å². The summed E-state index contributed by atoms with van der Waals surface area (Å²) in [5, 5.41) is 0. The predicted octanol–water partition coefficient (Wildman–Crippen LogP) is 8.40. The Bertz CT molecular complexity index is 359. The van der Waals surface area contributed by atoms with Gasteiger partial charge in [-0.3, -0.25) is 0 Å². The van der Waals surface area contributed by atoms with Crippen molar-refractivity contribution in [3.8, 4) is 0 Å². The molecular weight excluding hydrogens is 300 g/mol. The van der Waals surface area contributed by atoms with Crippen molar-refractivity contribution in [1.82, 2.24) is 0 Å². The molecule has 0 spiro atoms. The molecule has 0 nitrogen and oxygen atoms in total. The van der Waals surface area contributed by atoms with Crippen LogP contribution in [-0.4, -0.2) is 0 Å². The van der Waals surface area contributed by atoms with Crippen molar-refractivity contribution in [3.05, 3.63) is 0 Å². The van der Waals surface area contributed by atoms with Crippen LogP contribution in [0.5, 0.6) is 0 Å². The molecule has 0 saturated heterocycles. The first-order valence-corrected chi connectivity index (χ1v) is 12.3. The molecule has 3 aliphatic rings. The van der Waals surface area contributed by atoms with Gasteiger partial charge in [0.1, 0.15) is 0 Å². The summed E-state index contributed by atoms with van der Waals surface area (Å²) in [6.07, 6.45) is 26.2. The molecular formula is C25H46. The van der Waals surface area contributed by atoms with E-state index in [1.165, 1.54) is 64.2 Å². The number of fused-ring (bicyclic) bond motifs is 1. The smallest absolute Gasteiger partial charge is 0.0383 e. The third-order valence-electron chi connectivity index (χ3n) is 8.69. The number of hydrogen-bond donors (Lipinski definition) is 0. The van der Waals surface area contributed by atoms with Gasteiger partial charge in [-0.25, -0.2) is 0 Å². The Labute approximate surface area is 158 Å². The zero-order chi connectivity index (χ0) is 17.5. The van der Waals surface area contributed by atoms with E-state index in [0.29, 0.717) is 0 Å². The zero-order valence-corrected chi connectivity index (χ0v) is 17.5. The molecule has 0 bridgehead atoms. The topological polar surface area (TPSA) is 0 Å². The van der Waals surface area contributed by atoms with Crippen LogP contribution in [0.25, 0.3) is 0 Å². The molecule has 0 aliphatic heterocycles. The molecule has 6 atom stereocenters. The monoisotopic (exact) mass is 346 g/mol. The maximum Gasteiger partial charge on any atom is -0.0383 e. The van der Waals surface area contributed by atoms with Crippen molar-refractivity contribution in [3.63, 3.8) is 0 Å². The molecule has 6 unspecified atom stereocenters. The highest BCUT2D eigenvalue weighted by atomic mass is 14.4. The minimum atomic E-state index is 1.04. The van der Waals surface area contributed by atoms with Crippen LogP contribution in [-0.2, 0) is 0 Å². The van der Waals surface area contributed by atoms with Crippen LogP contribution in [0, 0.1) is 35.5 Å². The van der Waals surface area contributed by atoms with Crippen molar-refractivity contribution in [2.24, 2.45) is 35.5 Å². The van der Waals surface area contributed by atoms with E-state index in [2.05, 4.69) is 13.8 Å². The lowest BCUT2D eigenvalue weighted by Crippen LogP contribution is -2.28. The molecule has 0 aromatic rings. The Hall–Kier alpha value is 0. The second kappa shape index (κ2) is 10.4. The average molecular weight is 347 g/mol. The van der Waals surface area contributed by atoms with Crippen molar-refractivity contribution in [1.29, 1.82) is 0 Å². The van der Waals surface area contributed by atoms with Gasteiger partial charge in [0.2, 0.25) is 0 Å². The van der Waals surface area contributed by atoms with Gasteiger partial charge < -0.3 is 0 Å². The Morgan fingerprint density at radius 2 is 0.880 bits per heavy atom. The second-order valence-corrected chi connectivity index (χ2v) is 10.1. The van der Waals surface area contributed by atoms with Crippen LogP contribution < -0.4 is 0 Å². The summed E-state index contributed by atoms with van der Waals surface area (Å²) in [6, 6.07) is 0. The maximum absolute atomic E-state index is 2.44. The van der Waals surface area contributed by atoms with Gasteiger partial charge in [-0.15, -0.1) is 0 Å². The maximum atomic E-state index is 2.44. The van der Waals surface area contributed by atoms with E-state index < -0.39 is 0 Å². The van der Waals surface area contributed by atoms with Crippen molar-refractivity contribution in [2.45, 2.75) is 123 Å². The quantitative estimate of drug-likeness (QED) is 0.481. The summed E-state index contributed by atoms with van der Waals surface area (Å²) in [7, 11) is 0. The molecule has 3 aliphatic carbocycles. The first kappa shape index (κ1) is 19.8. The largest absolute Gasteiger partial charge is 0.0651 e. The van der Waals surface area contributed by atoms with Crippen molar-refractivity contribution >= 4 is 0 Å². The van der Waals surface area contributed by atoms with E-state index in [1.807, 2.05) is 0 Å². The van der Waals surface area contributed by atoms with Crippen LogP contribution in [0.15, 0.2) is 0 Å². The lowest BCUT2D eigenvalue weighted by Gasteiger charge is -2.39. The number of hydrogen-bond acceptors (Lipinski definition) is 0. The highest BCUT2D eigenvalue weighted by molar-refractivity contribution is 4.84. The fraction of sp³-hybridized carbons (Fsp3) is 1.00. The molecule has 3 saturated carbocycles. The van der Waals surface area contributed by atoms with E-state index in [1.54, 1.807) is 44.9 Å². The van der Waals surface area contributed by atoms with E-state index in [4.69, 9.17) is 0 Å². The molecule has 0 heterocycles. The summed E-state index contributed by atoms with van der Waals surface area (Å²) >= 11 is 0. The molecule has 0 radical (unpaired) electrons. The van der Waals surface area contributed by atoms with Gasteiger partial charge >= 0.3 is 0 Å². The summed E-state index contributed by atoms with van der Waals surface area (Å²) in [4.78, 5) is 0. The minimum absolute atomic E-state index is 1.04. The standard InChI is InChI=1S/C25H46/c1-3-20-10-7-15-22-13-5-6-14-24(22)19-25(17-8-11-20)23-16-9-12-21(4-2)18-23/h20-25H,3-19H2,1-2H3.